The average Bonchev–Trinajstić information content (AvgIpc) is 2.77. The fourth-order valence-electron chi connectivity index (χ4n) is 5.73. The molecule has 4 N–H and O–H groups in total. The van der Waals surface area contributed by atoms with E-state index in [1.807, 2.05) is 6.20 Å². The topological polar surface area (TPSA) is 83.3 Å². The number of likely N-dealkylation sites (N-methyl/N-ethyl adjacent to an activating group) is 1. The van der Waals surface area contributed by atoms with Crippen molar-refractivity contribution in [3.63, 3.8) is 0 Å². The van der Waals surface area contributed by atoms with Crippen LogP contribution in [0.15, 0.2) is 36.5 Å². The van der Waals surface area contributed by atoms with Gasteiger partial charge in [0.2, 0.25) is 5.91 Å². The van der Waals surface area contributed by atoms with Crippen molar-refractivity contribution < 1.29 is 4.79 Å². The SMILES string of the molecule is CN(C[C@@H]1Cc2c(cccc2C2CC(N)CC(=O)N2)CN1)[C@H]1CCCc2cccnc21. The van der Waals surface area contributed by atoms with Gasteiger partial charge in [-0.25, -0.2) is 0 Å². The summed E-state index contributed by atoms with van der Waals surface area (Å²) in [5, 5.41) is 6.92. The van der Waals surface area contributed by atoms with Crippen molar-refractivity contribution in [2.45, 2.75) is 69.2 Å². The Morgan fingerprint density at radius 1 is 1.19 bits per heavy atom. The Balaban J connectivity index is 1.33. The molecule has 164 valence electrons. The molecule has 2 unspecified atom stereocenters. The van der Waals surface area contributed by atoms with Crippen LogP contribution in [0.4, 0.5) is 0 Å². The number of hydrogen-bond donors (Lipinski definition) is 3. The molecule has 0 radical (unpaired) electrons. The summed E-state index contributed by atoms with van der Waals surface area (Å²) in [6.45, 7) is 1.85. The number of aryl methyl sites for hydroxylation is 1. The molecule has 2 aliphatic heterocycles. The van der Waals surface area contributed by atoms with Crippen molar-refractivity contribution in [3.05, 3.63) is 64.5 Å². The van der Waals surface area contributed by atoms with Crippen molar-refractivity contribution in [3.8, 4) is 0 Å². The van der Waals surface area contributed by atoms with Gasteiger partial charge in [-0.1, -0.05) is 24.3 Å². The van der Waals surface area contributed by atoms with Crippen LogP contribution in [0.2, 0.25) is 0 Å². The quantitative estimate of drug-likeness (QED) is 0.709. The number of nitrogens with one attached hydrogen (secondary N) is 2. The predicted octanol–water partition coefficient (Wildman–Crippen LogP) is 2.38. The number of piperidine rings is 1. The second-order valence-electron chi connectivity index (χ2n) is 9.48. The van der Waals surface area contributed by atoms with Crippen LogP contribution in [0.25, 0.3) is 0 Å². The lowest BCUT2D eigenvalue weighted by atomic mass is 9.84. The van der Waals surface area contributed by atoms with E-state index in [1.54, 1.807) is 0 Å². The number of amides is 1. The van der Waals surface area contributed by atoms with E-state index >= 15 is 0 Å². The lowest BCUT2D eigenvalue weighted by Crippen LogP contribution is -2.46. The molecule has 0 saturated carbocycles. The van der Waals surface area contributed by atoms with Crippen molar-refractivity contribution in [2.75, 3.05) is 13.6 Å². The number of pyridine rings is 1. The first-order valence-electron chi connectivity index (χ1n) is 11.6. The first-order chi connectivity index (χ1) is 15.1. The molecular formula is C25H33N5O. The Hall–Kier alpha value is -2.28. The Morgan fingerprint density at radius 3 is 2.94 bits per heavy atom. The summed E-state index contributed by atoms with van der Waals surface area (Å²) in [4.78, 5) is 19.3. The van der Waals surface area contributed by atoms with E-state index in [1.165, 1.54) is 40.8 Å². The molecule has 1 saturated heterocycles. The van der Waals surface area contributed by atoms with Crippen molar-refractivity contribution >= 4 is 5.91 Å². The van der Waals surface area contributed by atoms with E-state index in [0.717, 1.165) is 32.4 Å². The van der Waals surface area contributed by atoms with Gasteiger partial charge in [0.25, 0.3) is 0 Å². The number of aromatic nitrogens is 1. The maximum Gasteiger partial charge on any atom is 0.222 e. The summed E-state index contributed by atoms with van der Waals surface area (Å²) in [5.74, 6) is 0.0648. The minimum atomic E-state index is -0.0582. The maximum atomic E-state index is 12.1. The summed E-state index contributed by atoms with van der Waals surface area (Å²) < 4.78 is 0. The lowest BCUT2D eigenvalue weighted by Gasteiger charge is -2.37. The van der Waals surface area contributed by atoms with Crippen LogP contribution in [0.1, 0.15) is 65.7 Å². The van der Waals surface area contributed by atoms with E-state index in [9.17, 15) is 4.79 Å². The van der Waals surface area contributed by atoms with Crippen LogP contribution >= 0.6 is 0 Å². The largest absolute Gasteiger partial charge is 0.349 e. The van der Waals surface area contributed by atoms with Gasteiger partial charge in [0, 0.05) is 37.8 Å². The van der Waals surface area contributed by atoms with Crippen LogP contribution in [-0.2, 0) is 24.2 Å². The average molecular weight is 420 g/mol. The number of nitrogens with two attached hydrogens (primary N) is 1. The zero-order chi connectivity index (χ0) is 21.4. The smallest absolute Gasteiger partial charge is 0.222 e. The molecule has 1 aliphatic carbocycles. The van der Waals surface area contributed by atoms with E-state index in [4.69, 9.17) is 10.7 Å². The van der Waals surface area contributed by atoms with E-state index in [2.05, 4.69) is 52.9 Å². The van der Waals surface area contributed by atoms with Crippen molar-refractivity contribution in [2.24, 2.45) is 5.73 Å². The zero-order valence-electron chi connectivity index (χ0n) is 18.3. The van der Waals surface area contributed by atoms with Crippen LogP contribution in [-0.4, -0.2) is 41.5 Å². The number of rotatable bonds is 4. The third-order valence-corrected chi connectivity index (χ3v) is 7.24. The van der Waals surface area contributed by atoms with Gasteiger partial charge in [0.1, 0.15) is 0 Å². The van der Waals surface area contributed by atoms with E-state index in [0.29, 0.717) is 18.5 Å². The first-order valence-corrected chi connectivity index (χ1v) is 11.6. The molecule has 6 heteroatoms. The molecule has 1 aromatic carbocycles. The van der Waals surface area contributed by atoms with Gasteiger partial charge in [-0.15, -0.1) is 0 Å². The highest BCUT2D eigenvalue weighted by molar-refractivity contribution is 5.78. The zero-order valence-corrected chi connectivity index (χ0v) is 18.3. The molecule has 1 fully saturated rings. The molecule has 0 bridgehead atoms. The summed E-state index contributed by atoms with van der Waals surface area (Å²) in [6.07, 6.45) is 7.67. The minimum Gasteiger partial charge on any atom is -0.349 e. The van der Waals surface area contributed by atoms with Gasteiger partial charge in [-0.3, -0.25) is 14.7 Å². The Morgan fingerprint density at radius 2 is 2.06 bits per heavy atom. The van der Waals surface area contributed by atoms with Gasteiger partial charge in [0.05, 0.1) is 17.8 Å². The molecule has 4 atom stereocenters. The van der Waals surface area contributed by atoms with Crippen molar-refractivity contribution in [1.29, 1.82) is 0 Å². The summed E-state index contributed by atoms with van der Waals surface area (Å²) in [7, 11) is 2.23. The van der Waals surface area contributed by atoms with Crippen LogP contribution in [0.5, 0.6) is 0 Å². The van der Waals surface area contributed by atoms with Gasteiger partial charge in [-0.05, 0) is 67.5 Å². The minimum absolute atomic E-state index is 0.0251. The monoisotopic (exact) mass is 419 g/mol. The second kappa shape index (κ2) is 8.69. The fraction of sp³-hybridized carbons (Fsp3) is 0.520. The number of nitrogens with zero attached hydrogens (tertiary/aromatic N) is 2. The van der Waals surface area contributed by atoms with Gasteiger partial charge in [0.15, 0.2) is 0 Å². The number of carbonyl (C=O) groups excluding carboxylic acids is 1. The standard InChI is InChI=1S/C25H33N5O/c1-30(23-9-3-5-16-7-4-10-27-25(16)23)15-19-13-21-17(14-28-19)6-2-8-20(21)22-11-18(26)12-24(31)29-22/h2,4,6-8,10,18-19,22-23,28H,3,5,9,11-15,26H2,1H3,(H,29,31)/t18?,19-,22?,23-/m0/s1. The Labute approximate surface area is 184 Å². The van der Waals surface area contributed by atoms with Gasteiger partial charge >= 0.3 is 0 Å². The molecule has 31 heavy (non-hydrogen) atoms. The predicted molar refractivity (Wildman–Crippen MR) is 121 cm³/mol. The summed E-state index contributed by atoms with van der Waals surface area (Å²) in [5.41, 5.74) is 12.8. The van der Waals surface area contributed by atoms with Gasteiger partial charge < -0.3 is 16.4 Å². The molecule has 0 spiro atoms. The number of fused-ring (bicyclic) bond motifs is 2. The number of benzene rings is 1. The third-order valence-electron chi connectivity index (χ3n) is 7.24. The number of carbonyl (C=O) groups is 1. The highest BCUT2D eigenvalue weighted by atomic mass is 16.1. The van der Waals surface area contributed by atoms with E-state index in [-0.39, 0.29) is 18.0 Å². The number of hydrogen-bond acceptors (Lipinski definition) is 5. The molecule has 1 aromatic heterocycles. The first kappa shape index (κ1) is 20.6. The molecular weight excluding hydrogens is 386 g/mol. The highest BCUT2D eigenvalue weighted by Crippen LogP contribution is 2.34. The van der Waals surface area contributed by atoms with Crippen molar-refractivity contribution in [1.82, 2.24) is 20.5 Å². The van der Waals surface area contributed by atoms with Crippen LogP contribution in [0, 0.1) is 0 Å². The third kappa shape index (κ3) is 4.25. The lowest BCUT2D eigenvalue weighted by molar-refractivity contribution is -0.123. The highest BCUT2D eigenvalue weighted by Gasteiger charge is 2.31. The summed E-state index contributed by atoms with van der Waals surface area (Å²) >= 11 is 0. The molecule has 5 rings (SSSR count). The van der Waals surface area contributed by atoms with Crippen LogP contribution < -0.4 is 16.4 Å². The molecule has 3 aliphatic rings. The molecule has 6 nitrogen and oxygen atoms in total. The normalized spacial score (nSPS) is 28.0. The summed E-state index contributed by atoms with van der Waals surface area (Å²) in [6, 6.07) is 11.5. The second-order valence-corrected chi connectivity index (χ2v) is 9.48. The Kier molecular flexibility index (Phi) is 5.78. The van der Waals surface area contributed by atoms with Gasteiger partial charge in [-0.2, -0.15) is 0 Å². The molecule has 3 heterocycles. The fourth-order valence-corrected chi connectivity index (χ4v) is 5.73. The molecule has 2 aromatic rings. The molecule has 1 amide bonds. The Bertz CT molecular complexity index is 961. The maximum absolute atomic E-state index is 12.1. The van der Waals surface area contributed by atoms with E-state index < -0.39 is 0 Å². The van der Waals surface area contributed by atoms with Crippen LogP contribution in [0.3, 0.4) is 0 Å².